The number of carbonyl (C=O) groups is 1. The van der Waals surface area contributed by atoms with Gasteiger partial charge in [0.05, 0.1) is 5.69 Å². The van der Waals surface area contributed by atoms with E-state index in [1.54, 1.807) is 6.08 Å². The summed E-state index contributed by atoms with van der Waals surface area (Å²) in [6.07, 6.45) is 2.59. The van der Waals surface area contributed by atoms with Crippen molar-refractivity contribution in [1.82, 2.24) is 5.32 Å². The van der Waals surface area contributed by atoms with Gasteiger partial charge in [-0.2, -0.15) is 9.98 Å². The normalized spacial score (nSPS) is 14.4. The van der Waals surface area contributed by atoms with Crippen molar-refractivity contribution in [2.75, 3.05) is 6.54 Å². The summed E-state index contributed by atoms with van der Waals surface area (Å²) >= 11 is 2.19. The molecule has 1 aliphatic heterocycles. The van der Waals surface area contributed by atoms with Crippen LogP contribution in [0.5, 0.6) is 0 Å². The van der Waals surface area contributed by atoms with Crippen molar-refractivity contribution >= 4 is 40.2 Å². The number of para-hydroxylation sites is 1. The van der Waals surface area contributed by atoms with Gasteiger partial charge in [-0.05, 0) is 41.1 Å². The lowest BCUT2D eigenvalue weighted by atomic mass is 10.2. The van der Waals surface area contributed by atoms with Gasteiger partial charge in [0.1, 0.15) is 11.7 Å². The first-order valence-corrected chi connectivity index (χ1v) is 6.24. The van der Waals surface area contributed by atoms with Crippen molar-refractivity contribution in [2.24, 2.45) is 9.98 Å². The van der Waals surface area contributed by atoms with Crippen LogP contribution in [0.3, 0.4) is 0 Å². The third kappa shape index (κ3) is 3.25. The molecule has 0 spiro atoms. The lowest BCUT2D eigenvalue weighted by Gasteiger charge is -2.07. The van der Waals surface area contributed by atoms with Crippen molar-refractivity contribution in [2.45, 2.75) is 6.42 Å². The van der Waals surface area contributed by atoms with Crippen LogP contribution in [0.1, 0.15) is 6.42 Å². The van der Waals surface area contributed by atoms with E-state index in [1.807, 2.05) is 24.3 Å². The lowest BCUT2D eigenvalue weighted by Crippen LogP contribution is -2.28. The van der Waals surface area contributed by atoms with E-state index in [0.717, 1.165) is 15.7 Å². The average Bonchev–Trinajstić information content (AvgIpc) is 2.34. The van der Waals surface area contributed by atoms with Crippen LogP contribution in [0.15, 0.2) is 46.0 Å². The Balaban J connectivity index is 2.18. The number of halogens is 1. The molecule has 1 heterocycles. The van der Waals surface area contributed by atoms with Crippen molar-refractivity contribution in [3.8, 4) is 0 Å². The summed E-state index contributed by atoms with van der Waals surface area (Å²) in [5.41, 5.74) is 1.18. The second kappa shape index (κ2) is 5.75. The quantitative estimate of drug-likeness (QED) is 0.653. The third-order valence-corrected chi connectivity index (χ3v) is 3.11. The summed E-state index contributed by atoms with van der Waals surface area (Å²) in [6, 6.07) is 10.2. The Morgan fingerprint density at radius 2 is 2.12 bits per heavy atom. The Kier molecular flexibility index (Phi) is 4.06. The highest BCUT2D eigenvalue weighted by atomic mass is 127. The topological polar surface area (TPSA) is 53.8 Å². The highest BCUT2D eigenvalue weighted by Crippen LogP contribution is 2.19. The molecule has 2 rings (SSSR count). The molecule has 0 unspecified atom stereocenters. The fourth-order valence-electron chi connectivity index (χ4n) is 1.35. The molecule has 0 bridgehead atoms. The van der Waals surface area contributed by atoms with Gasteiger partial charge in [0.25, 0.3) is 5.91 Å². The van der Waals surface area contributed by atoms with Crippen LogP contribution in [0, 0.1) is 3.57 Å². The maximum absolute atomic E-state index is 11.3. The molecule has 4 nitrogen and oxygen atoms in total. The number of nitrogens with one attached hydrogen (secondary N) is 1. The molecule has 1 aromatic carbocycles. The molecule has 86 valence electrons. The zero-order valence-corrected chi connectivity index (χ0v) is 11.1. The fourth-order valence-corrected chi connectivity index (χ4v) is 1.86. The number of carbonyl (C=O) groups excluding carboxylic acids is 1. The van der Waals surface area contributed by atoms with Crippen LogP contribution in [0.25, 0.3) is 0 Å². The Bertz CT molecular complexity index is 530. The van der Waals surface area contributed by atoms with Crippen molar-refractivity contribution in [3.05, 3.63) is 39.6 Å². The van der Waals surface area contributed by atoms with E-state index in [1.165, 1.54) is 0 Å². The van der Waals surface area contributed by atoms with Crippen molar-refractivity contribution < 1.29 is 4.79 Å². The van der Waals surface area contributed by atoms with Crippen LogP contribution in [-0.4, -0.2) is 18.5 Å². The van der Waals surface area contributed by atoms with E-state index in [-0.39, 0.29) is 5.91 Å². The molecule has 1 aromatic rings. The first kappa shape index (κ1) is 12.0. The van der Waals surface area contributed by atoms with E-state index in [4.69, 9.17) is 0 Å². The number of amides is 1. The molecular weight excluding hydrogens is 329 g/mol. The maximum Gasteiger partial charge on any atom is 0.270 e. The molecule has 0 radical (unpaired) electrons. The molecule has 0 saturated carbocycles. The van der Waals surface area contributed by atoms with Crippen molar-refractivity contribution in [1.29, 1.82) is 0 Å². The zero-order chi connectivity index (χ0) is 12.1. The lowest BCUT2D eigenvalue weighted by molar-refractivity contribution is -0.117. The number of benzene rings is 1. The summed E-state index contributed by atoms with van der Waals surface area (Å²) < 4.78 is 1.02. The summed E-state index contributed by atoms with van der Waals surface area (Å²) in [7, 11) is 0. The molecule has 0 atom stereocenters. The van der Waals surface area contributed by atoms with Crippen LogP contribution < -0.4 is 5.32 Å². The highest BCUT2D eigenvalue weighted by Gasteiger charge is 2.10. The Morgan fingerprint density at radius 3 is 2.88 bits per heavy atom. The average molecular weight is 339 g/mol. The summed E-state index contributed by atoms with van der Waals surface area (Å²) in [4.78, 5) is 19.4. The number of nitrogens with zero attached hydrogens (tertiary/aromatic N) is 2. The molecular formula is C12H10IN3O. The van der Waals surface area contributed by atoms with Gasteiger partial charge in [0.2, 0.25) is 0 Å². The predicted molar refractivity (Wildman–Crippen MR) is 74.4 cm³/mol. The Morgan fingerprint density at radius 1 is 1.29 bits per heavy atom. The largest absolute Gasteiger partial charge is 0.350 e. The molecule has 5 heteroatoms. The van der Waals surface area contributed by atoms with Crippen LogP contribution in [-0.2, 0) is 4.79 Å². The molecule has 0 aliphatic carbocycles. The smallest absolute Gasteiger partial charge is 0.270 e. The minimum Gasteiger partial charge on any atom is -0.350 e. The van der Waals surface area contributed by atoms with Gasteiger partial charge in [-0.15, -0.1) is 0 Å². The highest BCUT2D eigenvalue weighted by molar-refractivity contribution is 14.1. The van der Waals surface area contributed by atoms with Gasteiger partial charge in [-0.3, -0.25) is 4.79 Å². The van der Waals surface area contributed by atoms with E-state index in [9.17, 15) is 4.79 Å². The van der Waals surface area contributed by atoms with E-state index in [2.05, 4.69) is 43.9 Å². The Labute approximate surface area is 113 Å². The van der Waals surface area contributed by atoms with Crippen molar-refractivity contribution in [3.63, 3.8) is 0 Å². The first-order chi connectivity index (χ1) is 8.27. The molecule has 1 amide bonds. The second-order valence-electron chi connectivity index (χ2n) is 3.41. The minimum absolute atomic E-state index is 0.165. The fraction of sp³-hybridized carbons (Fsp3) is 0.167. The molecule has 1 N–H and O–H groups in total. The number of rotatable bonds is 2. The van der Waals surface area contributed by atoms with Crippen LogP contribution in [0.2, 0.25) is 0 Å². The Hall–Kier alpha value is -1.46. The van der Waals surface area contributed by atoms with Gasteiger partial charge in [0, 0.05) is 10.1 Å². The van der Waals surface area contributed by atoms with E-state index in [0.29, 0.717) is 12.2 Å². The van der Waals surface area contributed by atoms with Crippen LogP contribution >= 0.6 is 22.6 Å². The summed E-state index contributed by atoms with van der Waals surface area (Å²) in [6.45, 7) is 0.672. The maximum atomic E-state index is 11.3. The molecule has 0 aromatic heterocycles. The van der Waals surface area contributed by atoms with E-state index < -0.39 is 0 Å². The number of aliphatic imine (C=N–C) groups is 2. The minimum atomic E-state index is -0.165. The first-order valence-electron chi connectivity index (χ1n) is 5.17. The van der Waals surface area contributed by atoms with Gasteiger partial charge in [-0.1, -0.05) is 18.2 Å². The molecule has 0 fully saturated rings. The second-order valence-corrected chi connectivity index (χ2v) is 4.57. The van der Waals surface area contributed by atoms with Gasteiger partial charge in [0.15, 0.2) is 0 Å². The SMILES string of the molecule is O=C1NCCC=C1N=C=Nc1ccccc1I. The third-order valence-electron chi connectivity index (χ3n) is 2.19. The predicted octanol–water partition coefficient (Wildman–Crippen LogP) is 2.50. The van der Waals surface area contributed by atoms with Gasteiger partial charge in [-0.25, -0.2) is 0 Å². The standard InChI is InChI=1S/C12H10IN3O/c13-9-4-1-2-5-10(9)15-8-16-11-6-3-7-14-12(11)17/h1-2,4-6H,3,7H2,(H,14,17). The summed E-state index contributed by atoms with van der Waals surface area (Å²) in [5, 5.41) is 2.71. The monoisotopic (exact) mass is 339 g/mol. The van der Waals surface area contributed by atoms with Gasteiger partial charge < -0.3 is 5.32 Å². The number of hydrogen-bond acceptors (Lipinski definition) is 3. The molecule has 17 heavy (non-hydrogen) atoms. The van der Waals surface area contributed by atoms with Crippen LogP contribution in [0.4, 0.5) is 5.69 Å². The molecule has 0 saturated heterocycles. The molecule has 1 aliphatic rings. The van der Waals surface area contributed by atoms with Gasteiger partial charge >= 0.3 is 0 Å². The van der Waals surface area contributed by atoms with E-state index >= 15 is 0 Å². The number of hydrogen-bond donors (Lipinski definition) is 1. The zero-order valence-electron chi connectivity index (χ0n) is 8.98. The summed E-state index contributed by atoms with van der Waals surface area (Å²) in [5.74, 6) is -0.165.